The highest BCUT2D eigenvalue weighted by atomic mass is 127. The summed E-state index contributed by atoms with van der Waals surface area (Å²) in [5.41, 5.74) is 2.77. The molecule has 0 aliphatic carbocycles. The van der Waals surface area contributed by atoms with Crippen LogP contribution in [0.5, 0.6) is 5.75 Å². The second-order valence-corrected chi connectivity index (χ2v) is 5.91. The first kappa shape index (κ1) is 16.4. The van der Waals surface area contributed by atoms with Crippen molar-refractivity contribution < 1.29 is 9.53 Å². The molecular formula is C17H17IN2O2. The van der Waals surface area contributed by atoms with Gasteiger partial charge in [0.25, 0.3) is 0 Å². The topological polar surface area (TPSA) is 50.4 Å². The van der Waals surface area contributed by atoms with E-state index in [2.05, 4.69) is 33.2 Å². The van der Waals surface area contributed by atoms with Crippen LogP contribution in [-0.4, -0.2) is 13.1 Å². The van der Waals surface area contributed by atoms with Gasteiger partial charge in [-0.25, -0.2) is 4.79 Å². The molecule has 2 rings (SSSR count). The number of aryl methyl sites for hydroxylation is 1. The molecule has 0 heterocycles. The standard InChI is InChI=1S/C17H17IN2O2/c1-12-10-14(18)6-7-16(12)20-17(21)19-9-8-13-4-3-5-15(11-13)22-2/h3-11H,1-2H3,(H2,19,20,21)/b9-8+. The minimum absolute atomic E-state index is 0.275. The Kier molecular flexibility index (Phi) is 5.83. The smallest absolute Gasteiger partial charge is 0.323 e. The molecule has 2 N–H and O–H groups in total. The third-order valence-corrected chi connectivity index (χ3v) is 3.69. The second kappa shape index (κ2) is 7.84. The molecule has 114 valence electrons. The Morgan fingerprint density at radius 1 is 1.23 bits per heavy atom. The average Bonchev–Trinajstić information content (AvgIpc) is 2.50. The zero-order chi connectivity index (χ0) is 15.9. The number of carbonyl (C=O) groups is 1. The molecule has 0 radical (unpaired) electrons. The molecule has 5 heteroatoms. The molecule has 2 aromatic rings. The van der Waals surface area contributed by atoms with Crippen LogP contribution in [0, 0.1) is 10.5 Å². The van der Waals surface area contributed by atoms with E-state index >= 15 is 0 Å². The van der Waals surface area contributed by atoms with Gasteiger partial charge in [0.1, 0.15) is 5.75 Å². The molecule has 0 spiro atoms. The molecule has 0 fully saturated rings. The number of rotatable bonds is 4. The lowest BCUT2D eigenvalue weighted by atomic mass is 10.2. The Hall–Kier alpha value is -2.02. The fraction of sp³-hybridized carbons (Fsp3) is 0.118. The first-order valence-corrected chi connectivity index (χ1v) is 7.80. The van der Waals surface area contributed by atoms with Crippen molar-refractivity contribution in [3.8, 4) is 5.75 Å². The molecule has 0 bridgehead atoms. The number of nitrogens with one attached hydrogen (secondary N) is 2. The zero-order valence-corrected chi connectivity index (χ0v) is 14.5. The summed E-state index contributed by atoms with van der Waals surface area (Å²) in [5, 5.41) is 5.50. The van der Waals surface area contributed by atoms with Gasteiger partial charge in [0, 0.05) is 15.5 Å². The van der Waals surface area contributed by atoms with Crippen LogP contribution < -0.4 is 15.4 Å². The Morgan fingerprint density at radius 2 is 2.05 bits per heavy atom. The van der Waals surface area contributed by atoms with Crippen molar-refractivity contribution in [2.24, 2.45) is 0 Å². The SMILES string of the molecule is COc1cccc(/C=C/NC(=O)Nc2ccc(I)cc2C)c1. The van der Waals surface area contributed by atoms with E-state index in [-0.39, 0.29) is 6.03 Å². The number of hydrogen-bond donors (Lipinski definition) is 2. The van der Waals surface area contributed by atoms with Gasteiger partial charge in [-0.15, -0.1) is 0 Å². The van der Waals surface area contributed by atoms with Crippen LogP contribution in [0.15, 0.2) is 48.7 Å². The maximum Gasteiger partial charge on any atom is 0.323 e. The lowest BCUT2D eigenvalue weighted by Gasteiger charge is -2.08. The number of halogens is 1. The Morgan fingerprint density at radius 3 is 2.77 bits per heavy atom. The number of benzene rings is 2. The summed E-state index contributed by atoms with van der Waals surface area (Å²) in [5.74, 6) is 0.779. The maximum absolute atomic E-state index is 11.9. The summed E-state index contributed by atoms with van der Waals surface area (Å²) in [4.78, 5) is 11.9. The summed E-state index contributed by atoms with van der Waals surface area (Å²) >= 11 is 2.24. The molecule has 22 heavy (non-hydrogen) atoms. The highest BCUT2D eigenvalue weighted by molar-refractivity contribution is 14.1. The molecule has 0 atom stereocenters. The van der Waals surface area contributed by atoms with Crippen LogP contribution in [-0.2, 0) is 0 Å². The van der Waals surface area contributed by atoms with Gasteiger partial charge in [-0.05, 0) is 77.0 Å². The minimum atomic E-state index is -0.275. The summed E-state index contributed by atoms with van der Waals surface area (Å²) in [6, 6.07) is 13.2. The molecule has 0 aliphatic rings. The van der Waals surface area contributed by atoms with Gasteiger partial charge in [-0.1, -0.05) is 12.1 Å². The number of amides is 2. The summed E-state index contributed by atoms with van der Waals surface area (Å²) in [6.45, 7) is 1.96. The first-order valence-electron chi connectivity index (χ1n) is 6.73. The first-order chi connectivity index (χ1) is 10.6. The number of methoxy groups -OCH3 is 1. The molecule has 4 nitrogen and oxygen atoms in total. The molecular weight excluding hydrogens is 391 g/mol. The van der Waals surface area contributed by atoms with Crippen molar-refractivity contribution in [2.45, 2.75) is 6.92 Å². The van der Waals surface area contributed by atoms with E-state index in [9.17, 15) is 4.79 Å². The van der Waals surface area contributed by atoms with Gasteiger partial charge in [0.2, 0.25) is 0 Å². The molecule has 2 aromatic carbocycles. The van der Waals surface area contributed by atoms with Gasteiger partial charge < -0.3 is 15.4 Å². The number of carbonyl (C=O) groups excluding carboxylic acids is 1. The van der Waals surface area contributed by atoms with Gasteiger partial charge in [0.15, 0.2) is 0 Å². The van der Waals surface area contributed by atoms with Crippen molar-refractivity contribution in [1.29, 1.82) is 0 Å². The summed E-state index contributed by atoms with van der Waals surface area (Å²) < 4.78 is 6.29. The van der Waals surface area contributed by atoms with E-state index in [0.29, 0.717) is 0 Å². The van der Waals surface area contributed by atoms with Gasteiger partial charge in [-0.3, -0.25) is 0 Å². The average molecular weight is 408 g/mol. The summed E-state index contributed by atoms with van der Waals surface area (Å²) in [7, 11) is 1.62. The van der Waals surface area contributed by atoms with E-state index in [1.54, 1.807) is 13.3 Å². The predicted octanol–water partition coefficient (Wildman–Crippen LogP) is 4.40. The molecule has 2 amide bonds. The normalized spacial score (nSPS) is 10.5. The predicted molar refractivity (Wildman–Crippen MR) is 98.1 cm³/mol. The number of hydrogen-bond acceptors (Lipinski definition) is 2. The number of urea groups is 1. The van der Waals surface area contributed by atoms with Gasteiger partial charge in [0.05, 0.1) is 7.11 Å². The van der Waals surface area contributed by atoms with E-state index in [4.69, 9.17) is 4.74 Å². The fourth-order valence-electron chi connectivity index (χ4n) is 1.88. The van der Waals surface area contributed by atoms with E-state index in [1.807, 2.05) is 55.5 Å². The van der Waals surface area contributed by atoms with Crippen LogP contribution in [0.4, 0.5) is 10.5 Å². The Balaban J connectivity index is 1.93. The van der Waals surface area contributed by atoms with Gasteiger partial charge >= 0.3 is 6.03 Å². The van der Waals surface area contributed by atoms with Gasteiger partial charge in [-0.2, -0.15) is 0 Å². The summed E-state index contributed by atoms with van der Waals surface area (Å²) in [6.07, 6.45) is 3.41. The van der Waals surface area contributed by atoms with Crippen molar-refractivity contribution >= 4 is 40.4 Å². The van der Waals surface area contributed by atoms with Crippen LogP contribution >= 0.6 is 22.6 Å². The van der Waals surface area contributed by atoms with Crippen LogP contribution in [0.3, 0.4) is 0 Å². The van der Waals surface area contributed by atoms with Crippen molar-refractivity contribution in [1.82, 2.24) is 5.32 Å². The molecule has 0 saturated carbocycles. The third-order valence-electron chi connectivity index (χ3n) is 3.02. The Bertz CT molecular complexity index is 699. The second-order valence-electron chi connectivity index (χ2n) is 4.67. The fourth-order valence-corrected chi connectivity index (χ4v) is 2.53. The number of anilines is 1. The monoisotopic (exact) mass is 408 g/mol. The molecule has 0 unspecified atom stereocenters. The highest BCUT2D eigenvalue weighted by Gasteiger charge is 2.02. The highest BCUT2D eigenvalue weighted by Crippen LogP contribution is 2.17. The quantitative estimate of drug-likeness (QED) is 0.737. The Labute approximate surface area is 143 Å². The van der Waals surface area contributed by atoms with E-state index in [0.717, 1.165) is 26.1 Å². The third kappa shape index (κ3) is 4.77. The molecule has 0 aromatic heterocycles. The maximum atomic E-state index is 11.9. The van der Waals surface area contributed by atoms with Crippen LogP contribution in [0.2, 0.25) is 0 Å². The minimum Gasteiger partial charge on any atom is -0.497 e. The number of ether oxygens (including phenoxy) is 1. The van der Waals surface area contributed by atoms with Crippen LogP contribution in [0.1, 0.15) is 11.1 Å². The van der Waals surface area contributed by atoms with E-state index < -0.39 is 0 Å². The van der Waals surface area contributed by atoms with Crippen molar-refractivity contribution in [2.75, 3.05) is 12.4 Å². The van der Waals surface area contributed by atoms with Crippen molar-refractivity contribution in [3.63, 3.8) is 0 Å². The lowest BCUT2D eigenvalue weighted by molar-refractivity contribution is 0.255. The largest absolute Gasteiger partial charge is 0.497 e. The molecule has 0 aliphatic heterocycles. The zero-order valence-electron chi connectivity index (χ0n) is 12.4. The lowest BCUT2D eigenvalue weighted by Crippen LogP contribution is -2.24. The van der Waals surface area contributed by atoms with E-state index in [1.165, 1.54) is 0 Å². The molecule has 0 saturated heterocycles. The van der Waals surface area contributed by atoms with Crippen molar-refractivity contribution in [3.05, 3.63) is 63.4 Å². The van der Waals surface area contributed by atoms with Crippen LogP contribution in [0.25, 0.3) is 6.08 Å².